The standard InChI is InChI=1S/C62H95N11O9/c1-45-35-46(2)73(68-45)53-37-49(50(38-61(80)81)42-69-30-25-47(41-69)21-23-51-24-22-48-15-14-29-66-62(48)67-51)36-52(39-53)70-31-33-71(34-32-70)59(78)20-13-18-58(77)65-27-11-5-8-16-56(75)63-26-10-4-7-17-57(76)64-28-12-6-9-19-60(79)72-43-55(74)40-54(72)44-82-3/h22,24,35-37,39,47,50,54-55,74H,4-21,23,25-34,38,40-44H2,1-3H3,(H,63,75)(H,64,76)(H,65,77)(H,66,67)(H,80,81)/t47-,50-,54+,55-/m1/s1. The third-order valence-electron chi connectivity index (χ3n) is 16.7. The molecule has 82 heavy (non-hydrogen) atoms. The Hall–Kier alpha value is -6.12. The number of ether oxygens (including phenoxy) is 1. The van der Waals surface area contributed by atoms with Crippen LogP contribution in [-0.4, -0.2) is 180 Å². The molecule has 2 aromatic heterocycles. The fraction of sp³-hybridized carbons (Fsp3) is 0.677. The number of aliphatic hydroxyl groups excluding tert-OH is 1. The second kappa shape index (κ2) is 33.2. The summed E-state index contributed by atoms with van der Waals surface area (Å²) in [4.78, 5) is 89.0. The average Bonchev–Trinajstić information content (AvgIpc) is 4.25. The highest BCUT2D eigenvalue weighted by Gasteiger charge is 2.34. The number of carbonyl (C=O) groups excluding carboxylic acids is 5. The molecule has 3 fully saturated rings. The van der Waals surface area contributed by atoms with Gasteiger partial charge in [0.1, 0.15) is 5.82 Å². The number of aliphatic hydroxyl groups is 1. The molecule has 0 saturated carbocycles. The van der Waals surface area contributed by atoms with Crippen LogP contribution in [0.4, 0.5) is 11.5 Å². The summed E-state index contributed by atoms with van der Waals surface area (Å²) < 4.78 is 7.13. The zero-order valence-electron chi connectivity index (χ0n) is 49.4. The summed E-state index contributed by atoms with van der Waals surface area (Å²) in [5, 5.41) is 37.3. The minimum atomic E-state index is -0.822. The van der Waals surface area contributed by atoms with Crippen molar-refractivity contribution in [3.05, 3.63) is 64.6 Å². The molecular weight excluding hydrogens is 1040 g/mol. The predicted octanol–water partition coefficient (Wildman–Crippen LogP) is 6.21. The fourth-order valence-corrected chi connectivity index (χ4v) is 12.2. The number of anilines is 2. The maximum Gasteiger partial charge on any atom is 0.304 e. The first-order chi connectivity index (χ1) is 39.7. The van der Waals surface area contributed by atoms with Crippen molar-refractivity contribution < 1.29 is 43.7 Å². The Kier molecular flexibility index (Phi) is 25.7. The minimum Gasteiger partial charge on any atom is -0.481 e. The van der Waals surface area contributed by atoms with Crippen LogP contribution in [-0.2, 0) is 46.3 Å². The second-order valence-corrected chi connectivity index (χ2v) is 23.5. The predicted molar refractivity (Wildman–Crippen MR) is 317 cm³/mol. The molecule has 20 heteroatoms. The molecular formula is C62H95N11O9. The molecule has 20 nitrogen and oxygen atoms in total. The molecule has 3 aromatic rings. The van der Waals surface area contributed by atoms with Gasteiger partial charge in [0, 0.05) is 134 Å². The lowest BCUT2D eigenvalue weighted by molar-refractivity contribution is -0.137. The van der Waals surface area contributed by atoms with E-state index in [0.717, 1.165) is 149 Å². The normalized spacial score (nSPS) is 18.5. The number of unbranched alkanes of at least 4 members (excludes halogenated alkanes) is 6. The van der Waals surface area contributed by atoms with E-state index in [0.29, 0.717) is 110 Å². The van der Waals surface area contributed by atoms with Crippen LogP contribution in [0.3, 0.4) is 0 Å². The Bertz CT molecular complexity index is 2550. The third kappa shape index (κ3) is 20.6. The van der Waals surface area contributed by atoms with Crippen LogP contribution >= 0.6 is 0 Å². The van der Waals surface area contributed by atoms with Gasteiger partial charge in [-0.15, -0.1) is 0 Å². The van der Waals surface area contributed by atoms with Crippen molar-refractivity contribution in [3.8, 4) is 5.69 Å². The Morgan fingerprint density at radius 3 is 2.04 bits per heavy atom. The molecule has 0 bridgehead atoms. The van der Waals surface area contributed by atoms with E-state index in [1.54, 1.807) is 12.0 Å². The van der Waals surface area contributed by atoms with Crippen molar-refractivity contribution in [1.82, 2.24) is 45.4 Å². The number of hydrogen-bond donors (Lipinski definition) is 6. The number of carbonyl (C=O) groups is 6. The van der Waals surface area contributed by atoms with Gasteiger partial charge in [0.2, 0.25) is 29.5 Å². The van der Waals surface area contributed by atoms with Crippen LogP contribution in [0.25, 0.3) is 5.69 Å². The summed E-state index contributed by atoms with van der Waals surface area (Å²) in [6, 6.07) is 12.8. The number of nitrogens with zero attached hydrogens (tertiary/aromatic N) is 7. The molecule has 4 aliphatic rings. The van der Waals surface area contributed by atoms with Crippen LogP contribution < -0.4 is 26.2 Å². The lowest BCUT2D eigenvalue weighted by Gasteiger charge is -2.37. The molecule has 6 N–H and O–H groups in total. The van der Waals surface area contributed by atoms with Gasteiger partial charge < -0.3 is 55.8 Å². The second-order valence-electron chi connectivity index (χ2n) is 23.5. The lowest BCUT2D eigenvalue weighted by atomic mass is 9.93. The molecule has 0 aliphatic carbocycles. The molecule has 452 valence electrons. The minimum absolute atomic E-state index is 0.00772. The first-order valence-electron chi connectivity index (χ1n) is 30.9. The number of nitrogens with one attached hydrogen (secondary N) is 4. The average molecular weight is 1140 g/mol. The zero-order valence-corrected chi connectivity index (χ0v) is 49.4. The van der Waals surface area contributed by atoms with E-state index in [4.69, 9.17) is 14.8 Å². The number of aryl methyl sites for hydroxylation is 4. The van der Waals surface area contributed by atoms with E-state index >= 15 is 0 Å². The number of carboxylic acids is 1. The van der Waals surface area contributed by atoms with Gasteiger partial charge in [-0.3, -0.25) is 28.8 Å². The number of aromatic nitrogens is 3. The Balaban J connectivity index is 0.727. The molecule has 3 saturated heterocycles. The summed E-state index contributed by atoms with van der Waals surface area (Å²) in [5.41, 5.74) is 7.19. The SMILES string of the molecule is COC[C@@H]1C[C@@H](O)CN1C(=O)CCCCCNC(=O)CCCCCNC(=O)CCCCCNC(=O)CCCC(=O)N1CCN(c2cc([C@H](CC(=O)O)CN3CC[C@@H](CCc4ccc5c(n4)NCCC5)C3)cc(-n3nc(C)cc3C)c2)CC1. The van der Waals surface area contributed by atoms with Gasteiger partial charge in [0.25, 0.3) is 0 Å². The van der Waals surface area contributed by atoms with E-state index < -0.39 is 12.1 Å². The molecule has 4 atom stereocenters. The molecule has 0 radical (unpaired) electrons. The van der Waals surface area contributed by atoms with Gasteiger partial charge in [0.15, 0.2) is 0 Å². The molecule has 1 aromatic carbocycles. The molecule has 6 heterocycles. The Labute approximate surface area is 486 Å². The van der Waals surface area contributed by atoms with E-state index in [-0.39, 0.29) is 54.3 Å². The number of benzene rings is 1. The number of carboxylic acid groups (broad SMARTS) is 1. The highest BCUT2D eigenvalue weighted by Crippen LogP contribution is 2.33. The number of aliphatic carboxylic acids is 1. The number of pyridine rings is 1. The highest BCUT2D eigenvalue weighted by molar-refractivity contribution is 5.79. The maximum atomic E-state index is 13.4. The van der Waals surface area contributed by atoms with Crippen molar-refractivity contribution in [1.29, 1.82) is 0 Å². The van der Waals surface area contributed by atoms with Gasteiger partial charge in [-0.05, 0) is 151 Å². The van der Waals surface area contributed by atoms with Gasteiger partial charge in [0.05, 0.1) is 36.6 Å². The van der Waals surface area contributed by atoms with Crippen molar-refractivity contribution in [3.63, 3.8) is 0 Å². The maximum absolute atomic E-state index is 13.4. The Morgan fingerprint density at radius 1 is 0.744 bits per heavy atom. The van der Waals surface area contributed by atoms with Crippen molar-refractivity contribution >= 4 is 47.0 Å². The lowest BCUT2D eigenvalue weighted by Crippen LogP contribution is -2.48. The van der Waals surface area contributed by atoms with Crippen molar-refractivity contribution in [2.45, 2.75) is 173 Å². The first kappa shape index (κ1) is 63.5. The van der Waals surface area contributed by atoms with E-state index in [9.17, 15) is 39.0 Å². The number of likely N-dealkylation sites (tertiary alicyclic amines) is 2. The van der Waals surface area contributed by atoms with Crippen LogP contribution in [0, 0.1) is 19.8 Å². The van der Waals surface area contributed by atoms with Crippen LogP contribution in [0.15, 0.2) is 36.4 Å². The summed E-state index contributed by atoms with van der Waals surface area (Å²) >= 11 is 0. The Morgan fingerprint density at radius 2 is 1.39 bits per heavy atom. The highest BCUT2D eigenvalue weighted by atomic mass is 16.5. The van der Waals surface area contributed by atoms with Crippen molar-refractivity contribution in [2.75, 3.05) is 102 Å². The van der Waals surface area contributed by atoms with E-state index in [2.05, 4.69) is 61.4 Å². The monoisotopic (exact) mass is 1140 g/mol. The van der Waals surface area contributed by atoms with Crippen LogP contribution in [0.2, 0.25) is 0 Å². The molecule has 5 amide bonds. The topological polar surface area (TPSA) is 244 Å². The van der Waals surface area contributed by atoms with Crippen LogP contribution in [0.5, 0.6) is 0 Å². The number of amides is 5. The smallest absolute Gasteiger partial charge is 0.304 e. The first-order valence-corrected chi connectivity index (χ1v) is 30.9. The number of hydrogen-bond acceptors (Lipinski definition) is 13. The molecule has 7 rings (SSSR count). The van der Waals surface area contributed by atoms with Crippen LogP contribution in [0.1, 0.15) is 163 Å². The third-order valence-corrected chi connectivity index (χ3v) is 16.7. The number of piperazine rings is 1. The molecule has 0 unspecified atom stereocenters. The zero-order chi connectivity index (χ0) is 58.2. The van der Waals surface area contributed by atoms with E-state index in [1.807, 2.05) is 29.5 Å². The summed E-state index contributed by atoms with van der Waals surface area (Å²) in [7, 11) is 1.60. The van der Waals surface area contributed by atoms with Crippen molar-refractivity contribution in [2.24, 2.45) is 5.92 Å². The number of methoxy groups -OCH3 is 1. The quantitative estimate of drug-likeness (QED) is 0.0365. The van der Waals surface area contributed by atoms with Gasteiger partial charge >= 0.3 is 5.97 Å². The largest absolute Gasteiger partial charge is 0.481 e. The van der Waals surface area contributed by atoms with Gasteiger partial charge in [-0.2, -0.15) is 5.10 Å². The fourth-order valence-electron chi connectivity index (χ4n) is 12.2. The number of fused-ring (bicyclic) bond motifs is 1. The summed E-state index contributed by atoms with van der Waals surface area (Å²) in [6.45, 7) is 12.3. The summed E-state index contributed by atoms with van der Waals surface area (Å²) in [5.74, 6) is 0.550. The summed E-state index contributed by atoms with van der Waals surface area (Å²) in [6.07, 6.45) is 14.8. The molecule has 0 spiro atoms. The van der Waals surface area contributed by atoms with E-state index in [1.165, 1.54) is 5.56 Å². The van der Waals surface area contributed by atoms with Gasteiger partial charge in [-0.1, -0.05) is 25.3 Å². The van der Waals surface area contributed by atoms with Gasteiger partial charge in [-0.25, -0.2) is 9.67 Å². The molecule has 4 aliphatic heterocycles. The number of β-amino-alcohol motifs (C(OH)–C–C–N with tert-alkyl or cyclic N) is 1. The number of rotatable bonds is 34.